The summed E-state index contributed by atoms with van der Waals surface area (Å²) >= 11 is 14.2. The first-order chi connectivity index (χ1) is 15.4. The zero-order chi connectivity index (χ0) is 23.7. The second-order valence-corrected chi connectivity index (χ2v) is 11.6. The molecule has 1 nitrogen and oxygen atoms in total. The largest absolute Gasteiger partial charge is 0.294 e. The van der Waals surface area contributed by atoms with E-state index in [-0.39, 0.29) is 0 Å². The molecule has 0 N–H and O–H groups in total. The molecular weight excluding hydrogens is 433 g/mol. The Hall–Kier alpha value is -0.240. The topological polar surface area (TPSA) is 0 Å². The predicted octanol–water partition coefficient (Wildman–Crippen LogP) is 10.2. The SMILES string of the molecule is CCCCCCCCCCc1ccccc1C(Cl)(Cl)[N+](C)(C)CCCCCCCCCC. The van der Waals surface area contributed by atoms with Crippen LogP contribution in [0, 0.1) is 0 Å². The van der Waals surface area contributed by atoms with E-state index in [0.717, 1.165) is 18.5 Å². The number of benzene rings is 1. The molecule has 32 heavy (non-hydrogen) atoms. The van der Waals surface area contributed by atoms with Gasteiger partial charge in [-0.15, -0.1) is 0 Å². The summed E-state index contributed by atoms with van der Waals surface area (Å²) in [6.45, 7) is 5.56. The van der Waals surface area contributed by atoms with Crippen molar-refractivity contribution in [1.29, 1.82) is 0 Å². The fourth-order valence-corrected chi connectivity index (χ4v) is 5.13. The van der Waals surface area contributed by atoms with Crippen LogP contribution in [0.5, 0.6) is 0 Å². The summed E-state index contributed by atoms with van der Waals surface area (Å²) in [6, 6.07) is 8.59. The number of aryl methyl sites for hydroxylation is 1. The number of rotatable bonds is 20. The van der Waals surface area contributed by atoms with Crippen molar-refractivity contribution in [2.24, 2.45) is 0 Å². The smallest absolute Gasteiger partial charge is 0.277 e. The van der Waals surface area contributed by atoms with Gasteiger partial charge in [0.15, 0.2) is 0 Å². The van der Waals surface area contributed by atoms with Gasteiger partial charge in [0.25, 0.3) is 4.46 Å². The summed E-state index contributed by atoms with van der Waals surface area (Å²) in [7, 11) is 4.38. The Balaban J connectivity index is 2.49. The molecule has 3 heteroatoms. The van der Waals surface area contributed by atoms with Crippen molar-refractivity contribution in [2.45, 2.75) is 127 Å². The van der Waals surface area contributed by atoms with Gasteiger partial charge in [0, 0.05) is 5.56 Å². The van der Waals surface area contributed by atoms with Gasteiger partial charge in [0.05, 0.1) is 20.6 Å². The molecule has 0 fully saturated rings. The van der Waals surface area contributed by atoms with E-state index in [4.69, 9.17) is 23.2 Å². The third-order valence-corrected chi connectivity index (χ3v) is 8.29. The molecule has 1 aromatic rings. The average Bonchev–Trinajstić information content (AvgIpc) is 2.77. The van der Waals surface area contributed by atoms with Gasteiger partial charge in [0.2, 0.25) is 0 Å². The summed E-state index contributed by atoms with van der Waals surface area (Å²) in [5.41, 5.74) is 2.43. The zero-order valence-corrected chi connectivity index (χ0v) is 23.3. The van der Waals surface area contributed by atoms with Crippen LogP contribution >= 0.6 is 23.2 Å². The van der Waals surface area contributed by atoms with Gasteiger partial charge in [-0.1, -0.05) is 116 Å². The normalized spacial score (nSPS) is 12.4. The Morgan fingerprint density at radius 3 is 1.59 bits per heavy atom. The van der Waals surface area contributed by atoms with E-state index in [1.165, 1.54) is 108 Å². The maximum atomic E-state index is 7.10. The third kappa shape index (κ3) is 11.3. The minimum Gasteiger partial charge on any atom is -0.294 e. The minimum absolute atomic E-state index is 0.611. The Bertz CT molecular complexity index is 582. The second kappa shape index (κ2) is 17.2. The van der Waals surface area contributed by atoms with Crippen LogP contribution in [-0.4, -0.2) is 25.1 Å². The van der Waals surface area contributed by atoms with Gasteiger partial charge in [-0.05, 0) is 60.5 Å². The molecule has 0 bridgehead atoms. The van der Waals surface area contributed by atoms with Crippen LogP contribution in [0.3, 0.4) is 0 Å². The van der Waals surface area contributed by atoms with Crippen molar-refractivity contribution in [1.82, 2.24) is 0 Å². The third-order valence-electron chi connectivity index (χ3n) is 6.97. The molecule has 0 aliphatic carbocycles. The van der Waals surface area contributed by atoms with Crippen LogP contribution < -0.4 is 0 Å². The second-order valence-electron chi connectivity index (χ2n) is 10.3. The summed E-state index contributed by atoms with van der Waals surface area (Å²) in [6.07, 6.45) is 22.4. The molecule has 0 amide bonds. The molecule has 0 radical (unpaired) electrons. The monoisotopic (exact) mass is 484 g/mol. The Labute approximate surface area is 210 Å². The summed E-state index contributed by atoms with van der Waals surface area (Å²) in [5.74, 6) is 0. The van der Waals surface area contributed by atoms with Crippen LogP contribution in [-0.2, 0) is 10.9 Å². The van der Waals surface area contributed by atoms with Gasteiger partial charge in [-0.3, -0.25) is 4.48 Å². The molecule has 0 aromatic heterocycles. The maximum Gasteiger partial charge on any atom is 0.277 e. The fraction of sp³-hybridized carbons (Fsp3) is 0.793. The van der Waals surface area contributed by atoms with Crippen molar-refractivity contribution in [3.05, 3.63) is 35.4 Å². The number of quaternary nitrogens is 1. The Morgan fingerprint density at radius 2 is 1.06 bits per heavy atom. The lowest BCUT2D eigenvalue weighted by Crippen LogP contribution is -2.51. The summed E-state index contributed by atoms with van der Waals surface area (Å²) < 4.78 is -0.293. The Morgan fingerprint density at radius 1 is 0.625 bits per heavy atom. The number of nitrogens with zero attached hydrogens (tertiary/aromatic N) is 1. The van der Waals surface area contributed by atoms with Crippen LogP contribution in [0.25, 0.3) is 0 Å². The number of alkyl halides is 2. The lowest BCUT2D eigenvalue weighted by molar-refractivity contribution is -0.920. The quantitative estimate of drug-likeness (QED) is 0.0746. The maximum absolute atomic E-state index is 7.10. The lowest BCUT2D eigenvalue weighted by atomic mass is 9.99. The van der Waals surface area contributed by atoms with Gasteiger partial charge in [-0.2, -0.15) is 0 Å². The average molecular weight is 486 g/mol. The predicted molar refractivity (Wildman–Crippen MR) is 146 cm³/mol. The molecule has 0 unspecified atom stereocenters. The fourth-order valence-electron chi connectivity index (χ4n) is 4.59. The standard InChI is InChI=1S/C29H52Cl2N/c1-5-7-9-11-13-15-17-19-23-27-24-20-21-25-28(27)29(30,31)32(3,4)26-22-18-16-14-12-10-8-6-2/h20-21,24-25H,5-19,22-23,26H2,1-4H3/q+1. The summed E-state index contributed by atoms with van der Waals surface area (Å²) in [4.78, 5) is 0. The molecule has 0 saturated carbocycles. The van der Waals surface area contributed by atoms with Gasteiger partial charge >= 0.3 is 0 Å². The first-order valence-electron chi connectivity index (χ1n) is 13.7. The van der Waals surface area contributed by atoms with Gasteiger partial charge < -0.3 is 0 Å². The van der Waals surface area contributed by atoms with Crippen LogP contribution in [0.15, 0.2) is 24.3 Å². The molecule has 0 atom stereocenters. The van der Waals surface area contributed by atoms with E-state index in [9.17, 15) is 0 Å². The molecule has 0 spiro atoms. The van der Waals surface area contributed by atoms with E-state index in [0.29, 0.717) is 4.48 Å². The Kier molecular flexibility index (Phi) is 16.0. The first-order valence-corrected chi connectivity index (χ1v) is 14.4. The van der Waals surface area contributed by atoms with Crippen LogP contribution in [0.1, 0.15) is 128 Å². The molecule has 0 saturated heterocycles. The highest BCUT2D eigenvalue weighted by Crippen LogP contribution is 2.43. The van der Waals surface area contributed by atoms with Crippen molar-refractivity contribution in [3.8, 4) is 0 Å². The van der Waals surface area contributed by atoms with Gasteiger partial charge in [-0.25, -0.2) is 0 Å². The highest BCUT2D eigenvalue weighted by molar-refractivity contribution is 6.46. The van der Waals surface area contributed by atoms with E-state index in [1.807, 2.05) is 0 Å². The molecule has 186 valence electrons. The number of hydrogen-bond acceptors (Lipinski definition) is 0. The van der Waals surface area contributed by atoms with E-state index < -0.39 is 4.46 Å². The van der Waals surface area contributed by atoms with E-state index in [1.54, 1.807) is 0 Å². The summed E-state index contributed by atoms with van der Waals surface area (Å²) in [5, 5.41) is 0. The van der Waals surface area contributed by atoms with Gasteiger partial charge in [0.1, 0.15) is 0 Å². The minimum atomic E-state index is -0.905. The number of halogens is 2. The molecular formula is C29H52Cl2N+. The first kappa shape index (κ1) is 29.8. The molecule has 0 heterocycles. The number of unbranched alkanes of at least 4 members (excludes halogenated alkanes) is 14. The highest BCUT2D eigenvalue weighted by atomic mass is 35.5. The molecule has 0 aliphatic heterocycles. The highest BCUT2D eigenvalue weighted by Gasteiger charge is 2.44. The molecule has 0 aliphatic rings. The molecule has 1 aromatic carbocycles. The van der Waals surface area contributed by atoms with Crippen molar-refractivity contribution in [3.63, 3.8) is 0 Å². The van der Waals surface area contributed by atoms with Crippen molar-refractivity contribution >= 4 is 23.2 Å². The van der Waals surface area contributed by atoms with E-state index >= 15 is 0 Å². The van der Waals surface area contributed by atoms with Crippen LogP contribution in [0.4, 0.5) is 0 Å². The van der Waals surface area contributed by atoms with Crippen LogP contribution in [0.2, 0.25) is 0 Å². The van der Waals surface area contributed by atoms with Crippen molar-refractivity contribution in [2.75, 3.05) is 20.6 Å². The number of hydrogen-bond donors (Lipinski definition) is 0. The molecule has 1 rings (SSSR count). The van der Waals surface area contributed by atoms with Crippen molar-refractivity contribution < 1.29 is 4.48 Å². The van der Waals surface area contributed by atoms with E-state index in [2.05, 4.69) is 52.2 Å². The lowest BCUT2D eigenvalue weighted by Gasteiger charge is -2.41. The zero-order valence-electron chi connectivity index (χ0n) is 21.7.